The zero-order valence-corrected chi connectivity index (χ0v) is 51.7. The number of phenols is 1. The third-order valence-electron chi connectivity index (χ3n) is 22.6. The van der Waals surface area contributed by atoms with E-state index >= 15 is 9.59 Å². The van der Waals surface area contributed by atoms with E-state index in [9.17, 15) is 10.2 Å². The molecule has 0 amide bonds. The molecule has 6 aliphatic carbocycles. The lowest BCUT2D eigenvalue weighted by molar-refractivity contribution is -0.135. The molecule has 86 heavy (non-hydrogen) atoms. The molecule has 456 valence electrons. The number of hydrogen-bond donors (Lipinski definition) is 7. The molecule has 1 spiro atoms. The zero-order chi connectivity index (χ0) is 59.1. The minimum absolute atomic E-state index is 0.0426. The van der Waals surface area contributed by atoms with Gasteiger partial charge in [-0.2, -0.15) is 0 Å². The van der Waals surface area contributed by atoms with E-state index in [2.05, 4.69) is 139 Å². The van der Waals surface area contributed by atoms with Crippen molar-refractivity contribution < 1.29 is 29.3 Å². The van der Waals surface area contributed by atoms with Crippen LogP contribution in [0.2, 0.25) is 0 Å². The second-order valence-corrected chi connectivity index (χ2v) is 28.1. The number of aliphatic hydroxyl groups excluding tert-OH is 1. The molecule has 0 unspecified atom stereocenters. The molecule has 11 heteroatoms. The maximum Gasteiger partial charge on any atom is 0.340 e. The fraction of sp³-hybridized carbons (Fsp3) is 0.547. The molecule has 7 N–H and O–H groups in total. The summed E-state index contributed by atoms with van der Waals surface area (Å²) in [6, 6.07) is 32.4. The number of fused-ring (bicyclic) bond motifs is 5. The van der Waals surface area contributed by atoms with Crippen molar-refractivity contribution in [2.75, 3.05) is 33.2 Å². The maximum atomic E-state index is 15.4. The van der Waals surface area contributed by atoms with Gasteiger partial charge in [-0.1, -0.05) is 113 Å². The summed E-state index contributed by atoms with van der Waals surface area (Å²) >= 11 is 0. The van der Waals surface area contributed by atoms with Crippen LogP contribution in [0.1, 0.15) is 163 Å². The van der Waals surface area contributed by atoms with Crippen LogP contribution in [0.3, 0.4) is 0 Å². The number of ether oxygens (including phenoxy) is 2. The summed E-state index contributed by atoms with van der Waals surface area (Å²) < 4.78 is 13.5. The van der Waals surface area contributed by atoms with Gasteiger partial charge in [-0.25, -0.2) is 9.59 Å². The molecular formula is C75H95N5O6. The highest BCUT2D eigenvalue weighted by Gasteiger charge is 2.69. The number of piperidine rings is 1. The van der Waals surface area contributed by atoms with Crippen LogP contribution in [0.15, 0.2) is 131 Å². The maximum absolute atomic E-state index is 15.4. The van der Waals surface area contributed by atoms with E-state index in [0.29, 0.717) is 54.5 Å². The fourth-order valence-electron chi connectivity index (χ4n) is 18.4. The van der Waals surface area contributed by atoms with Crippen LogP contribution >= 0.6 is 0 Å². The Morgan fingerprint density at radius 1 is 0.802 bits per heavy atom. The van der Waals surface area contributed by atoms with Gasteiger partial charge in [0, 0.05) is 42.7 Å². The molecule has 2 saturated heterocycles. The highest BCUT2D eigenvalue weighted by atomic mass is 16.6. The number of carbonyl (C=O) groups excluding carboxylic acids is 2. The zero-order valence-electron chi connectivity index (χ0n) is 51.7. The minimum atomic E-state index is -0.892. The Balaban J connectivity index is 0.956. The lowest BCUT2D eigenvalue weighted by Crippen LogP contribution is -2.52. The van der Waals surface area contributed by atoms with Crippen molar-refractivity contribution in [3.05, 3.63) is 165 Å². The summed E-state index contributed by atoms with van der Waals surface area (Å²) in [7, 11) is 2.08. The molecule has 15 rings (SSSR count). The molecule has 4 aromatic rings. The molecule has 14 bridgehead atoms. The quantitative estimate of drug-likeness (QED) is 0.0604. The van der Waals surface area contributed by atoms with Crippen molar-refractivity contribution in [3.8, 4) is 16.9 Å². The second kappa shape index (κ2) is 25.4. The van der Waals surface area contributed by atoms with Crippen LogP contribution in [0.4, 0.5) is 0 Å². The van der Waals surface area contributed by atoms with E-state index < -0.39 is 11.5 Å². The highest BCUT2D eigenvalue weighted by Crippen LogP contribution is 2.72. The van der Waals surface area contributed by atoms with E-state index in [0.717, 1.165) is 161 Å². The standard InChI is InChI=1S/C75H95N5O6/c1-5-47(33-48-13-8-6-9-14-48)38-65-75-30-24-59-60-21-22-61-64(85-72(83)68(61)69(60)75)25-29-74(56-27-32-79-66(39-56)76-4)28-23-54(41-74)71(80-45-63(82)52-16-10-7-11-17-52)55-35-49(34-51(37-55)44-78-42-46(2)3)26-31-77-43-50-15-12-18-53(36-50)58-20-19-57(81)40-62(58)67(59)70(75)73(84)86-65/h6,8-9,12-15,18-20,25,34-38,40,46-47,52,54,56,59-60,63,66,69,71,76-82H,5,7,10-11,16-17,21-24,26-33,39,41-45H2,1-4H3/b64-25?,65-38-/t47-,54-,56+,59+,60-,63-,66-,69+,71-,74+,75+/m0/s1. The number of benzene rings is 4. The number of aliphatic hydroxyl groups is 1. The van der Waals surface area contributed by atoms with E-state index in [1.165, 1.54) is 41.5 Å². The van der Waals surface area contributed by atoms with Crippen LogP contribution in [0, 0.1) is 58.2 Å². The molecule has 5 fully saturated rings. The van der Waals surface area contributed by atoms with Gasteiger partial charge in [0.1, 0.15) is 17.3 Å². The first-order chi connectivity index (χ1) is 41.9. The summed E-state index contributed by atoms with van der Waals surface area (Å²) in [5.74, 6) is 2.38. The fourth-order valence-corrected chi connectivity index (χ4v) is 18.4. The number of carbonyl (C=O) groups is 2. The van der Waals surface area contributed by atoms with Gasteiger partial charge in [-0.15, -0.1) is 0 Å². The number of esters is 2. The molecule has 5 heterocycles. The van der Waals surface area contributed by atoms with Crippen molar-refractivity contribution in [1.82, 2.24) is 26.6 Å². The van der Waals surface area contributed by atoms with Gasteiger partial charge in [0.15, 0.2) is 0 Å². The smallest absolute Gasteiger partial charge is 0.340 e. The summed E-state index contributed by atoms with van der Waals surface area (Å²) in [6.45, 7) is 11.5. The van der Waals surface area contributed by atoms with Gasteiger partial charge < -0.3 is 46.3 Å². The Labute approximate surface area is 511 Å². The molecule has 0 aromatic heterocycles. The SMILES string of the molecule is CC[C@H](/C=C1\OC(=O)C2=C3c4cc(O)ccc4-c4cccc(c4)CNCCc4cc(CNCC(C)C)cc(c4)[C@@H](NC[C@H](O)C4CCCCC4)[C@H]4CC[C@@]([C@@H]5CCN[C@H](NC)C5)(CC=C5OC(=O)C6=C5CC[C@H]5[C@H]3CC[C@@]21[C@@H]65)C4)Cc1ccccc1. The van der Waals surface area contributed by atoms with Crippen molar-refractivity contribution >= 4 is 17.5 Å². The average Bonchev–Trinajstić information content (AvgIpc) is 1.40. The normalized spacial score (nSPS) is 30.5. The summed E-state index contributed by atoms with van der Waals surface area (Å²) in [6.07, 6.45) is 21.9. The molecule has 5 aliphatic heterocycles. The van der Waals surface area contributed by atoms with E-state index in [-0.39, 0.29) is 59.0 Å². The number of allylic oxidation sites excluding steroid dienone is 5. The van der Waals surface area contributed by atoms with Crippen molar-refractivity contribution in [2.24, 2.45) is 58.2 Å². The first-order valence-electron chi connectivity index (χ1n) is 33.6. The Morgan fingerprint density at radius 2 is 1.66 bits per heavy atom. The third-order valence-corrected chi connectivity index (χ3v) is 22.6. The highest BCUT2D eigenvalue weighted by molar-refractivity contribution is 6.07. The van der Waals surface area contributed by atoms with Gasteiger partial charge in [0.05, 0.1) is 23.3 Å². The molecular weight excluding hydrogens is 1070 g/mol. The van der Waals surface area contributed by atoms with Crippen LogP contribution < -0.4 is 26.6 Å². The number of hydrogen-bond acceptors (Lipinski definition) is 11. The van der Waals surface area contributed by atoms with Crippen molar-refractivity contribution in [1.29, 1.82) is 0 Å². The predicted octanol–water partition coefficient (Wildman–Crippen LogP) is 13.1. The van der Waals surface area contributed by atoms with E-state index in [4.69, 9.17) is 9.47 Å². The van der Waals surface area contributed by atoms with Crippen LogP contribution in [0.5, 0.6) is 5.75 Å². The summed E-state index contributed by atoms with van der Waals surface area (Å²) in [5.41, 5.74) is 11.7. The van der Waals surface area contributed by atoms with Gasteiger partial charge in [0.25, 0.3) is 0 Å². The molecule has 11 nitrogen and oxygen atoms in total. The topological polar surface area (TPSA) is 153 Å². The monoisotopic (exact) mass is 1160 g/mol. The van der Waals surface area contributed by atoms with E-state index in [1.807, 2.05) is 12.1 Å². The van der Waals surface area contributed by atoms with Crippen LogP contribution in [0.25, 0.3) is 16.7 Å². The van der Waals surface area contributed by atoms with Crippen molar-refractivity contribution in [2.45, 2.75) is 168 Å². The molecule has 0 radical (unpaired) electrons. The number of cyclic esters (lactones) is 1. The van der Waals surface area contributed by atoms with Gasteiger partial charge in [-0.3, -0.25) is 0 Å². The second-order valence-electron chi connectivity index (χ2n) is 28.1. The molecule has 3 saturated carbocycles. The third kappa shape index (κ3) is 11.6. The number of phenolic OH excluding ortho intramolecular Hbond substituents is 1. The van der Waals surface area contributed by atoms with Crippen LogP contribution in [-0.4, -0.2) is 67.6 Å². The Morgan fingerprint density at radius 3 is 2.49 bits per heavy atom. The predicted molar refractivity (Wildman–Crippen MR) is 341 cm³/mol. The molecule has 4 aromatic carbocycles. The van der Waals surface area contributed by atoms with Gasteiger partial charge >= 0.3 is 11.9 Å². The number of rotatable bonds is 14. The van der Waals surface area contributed by atoms with Crippen molar-refractivity contribution in [3.63, 3.8) is 0 Å². The summed E-state index contributed by atoms with van der Waals surface area (Å²) in [5, 5.41) is 42.7. The lowest BCUT2D eigenvalue weighted by atomic mass is 9.44. The first-order valence-corrected chi connectivity index (χ1v) is 33.6. The Kier molecular flexibility index (Phi) is 17.5. The first kappa shape index (κ1) is 59.3. The summed E-state index contributed by atoms with van der Waals surface area (Å²) in [4.78, 5) is 30.7. The van der Waals surface area contributed by atoms with Crippen LogP contribution in [-0.2, 0) is 45.0 Å². The molecule has 11 aliphatic rings. The number of nitrogens with one attached hydrogen (secondary N) is 5. The Bertz CT molecular complexity index is 3280. The minimum Gasteiger partial charge on any atom is -0.508 e. The average molecular weight is 1160 g/mol. The lowest BCUT2D eigenvalue weighted by Gasteiger charge is -2.56. The largest absolute Gasteiger partial charge is 0.508 e. The Hall–Kier alpha value is -5.66. The van der Waals surface area contributed by atoms with Gasteiger partial charge in [-0.05, 0) is 250 Å². The molecule has 11 atom stereocenters. The van der Waals surface area contributed by atoms with Gasteiger partial charge in [0.2, 0.25) is 0 Å². The van der Waals surface area contributed by atoms with E-state index in [1.54, 1.807) is 6.07 Å². The number of aromatic hydroxyl groups is 1.